The Balaban J connectivity index is 1.67. The number of benzene rings is 1. The predicted molar refractivity (Wildman–Crippen MR) is 82.2 cm³/mol. The summed E-state index contributed by atoms with van der Waals surface area (Å²) in [6.07, 6.45) is 2.17. The van der Waals surface area contributed by atoms with E-state index in [1.54, 1.807) is 13.3 Å². The minimum absolute atomic E-state index is 0.0197. The number of carbonyl (C=O) groups excluding carboxylic acids is 1. The Morgan fingerprint density at radius 1 is 1.19 bits per heavy atom. The Morgan fingerprint density at radius 2 is 2.00 bits per heavy atom. The molecule has 0 unspecified atom stereocenters. The topological polar surface area (TPSA) is 63.2 Å². The molecule has 1 aromatic heterocycles. The minimum Gasteiger partial charge on any atom is -0.497 e. The van der Waals surface area contributed by atoms with Crippen LogP contribution < -0.4 is 15.4 Å². The lowest BCUT2D eigenvalue weighted by atomic mass is 10.3. The maximum atomic E-state index is 11.8. The number of anilines is 1. The monoisotopic (exact) mass is 285 g/mol. The summed E-state index contributed by atoms with van der Waals surface area (Å²) in [5.74, 6) is 0.749. The van der Waals surface area contributed by atoms with Crippen molar-refractivity contribution >= 4 is 11.6 Å². The highest BCUT2D eigenvalue weighted by Crippen LogP contribution is 2.14. The van der Waals surface area contributed by atoms with Crippen LogP contribution in [0.2, 0.25) is 0 Å². The third-order valence-corrected chi connectivity index (χ3v) is 2.93. The first-order chi connectivity index (χ1) is 10.3. The second-order valence-corrected chi connectivity index (χ2v) is 4.52. The Kier molecular flexibility index (Phi) is 5.72. The first kappa shape index (κ1) is 15.0. The number of hydrogen-bond donors (Lipinski definition) is 2. The third-order valence-electron chi connectivity index (χ3n) is 2.93. The summed E-state index contributed by atoms with van der Waals surface area (Å²) < 4.78 is 5.07. The first-order valence-corrected chi connectivity index (χ1v) is 6.82. The number of methoxy groups -OCH3 is 1. The molecule has 0 atom stereocenters. The van der Waals surface area contributed by atoms with E-state index in [9.17, 15) is 4.79 Å². The van der Waals surface area contributed by atoms with Gasteiger partial charge in [-0.2, -0.15) is 0 Å². The SMILES string of the molecule is COc1ccc(NC(=O)CCNCc2ccccn2)cc1. The Labute approximate surface area is 124 Å². The zero-order valence-corrected chi connectivity index (χ0v) is 12.0. The van der Waals surface area contributed by atoms with E-state index < -0.39 is 0 Å². The molecule has 2 aromatic rings. The van der Waals surface area contributed by atoms with E-state index >= 15 is 0 Å². The van der Waals surface area contributed by atoms with Crippen molar-refractivity contribution in [3.05, 3.63) is 54.4 Å². The fourth-order valence-corrected chi connectivity index (χ4v) is 1.82. The molecule has 0 saturated heterocycles. The summed E-state index contributed by atoms with van der Waals surface area (Å²) in [6, 6.07) is 13.0. The van der Waals surface area contributed by atoms with Gasteiger partial charge in [-0.25, -0.2) is 0 Å². The molecule has 21 heavy (non-hydrogen) atoms. The second kappa shape index (κ2) is 8.01. The van der Waals surface area contributed by atoms with Crippen molar-refractivity contribution in [2.45, 2.75) is 13.0 Å². The number of rotatable bonds is 7. The number of nitrogens with one attached hydrogen (secondary N) is 2. The lowest BCUT2D eigenvalue weighted by Crippen LogP contribution is -2.21. The van der Waals surface area contributed by atoms with Gasteiger partial charge in [-0.05, 0) is 36.4 Å². The van der Waals surface area contributed by atoms with Crippen molar-refractivity contribution in [3.8, 4) is 5.75 Å². The van der Waals surface area contributed by atoms with Gasteiger partial charge in [0, 0.05) is 31.4 Å². The molecule has 0 saturated carbocycles. The van der Waals surface area contributed by atoms with Crippen molar-refractivity contribution < 1.29 is 9.53 Å². The van der Waals surface area contributed by atoms with Crippen molar-refractivity contribution in [1.29, 1.82) is 0 Å². The highest BCUT2D eigenvalue weighted by Gasteiger charge is 2.02. The van der Waals surface area contributed by atoms with Crippen LogP contribution in [0, 0.1) is 0 Å². The normalized spacial score (nSPS) is 10.1. The van der Waals surface area contributed by atoms with Crippen molar-refractivity contribution in [3.63, 3.8) is 0 Å². The average molecular weight is 285 g/mol. The molecule has 0 spiro atoms. The number of pyridine rings is 1. The molecule has 110 valence electrons. The molecule has 1 heterocycles. The van der Waals surface area contributed by atoms with Crippen LogP contribution in [0.3, 0.4) is 0 Å². The van der Waals surface area contributed by atoms with E-state index in [4.69, 9.17) is 4.74 Å². The molecule has 0 fully saturated rings. The van der Waals surface area contributed by atoms with E-state index in [1.165, 1.54) is 0 Å². The number of nitrogens with zero attached hydrogens (tertiary/aromatic N) is 1. The van der Waals surface area contributed by atoms with E-state index in [0.29, 0.717) is 19.5 Å². The predicted octanol–water partition coefficient (Wildman–Crippen LogP) is 2.21. The number of ether oxygens (including phenoxy) is 1. The van der Waals surface area contributed by atoms with Gasteiger partial charge in [-0.15, -0.1) is 0 Å². The van der Waals surface area contributed by atoms with Gasteiger partial charge in [0.25, 0.3) is 0 Å². The minimum atomic E-state index is -0.0197. The molecule has 0 aliphatic rings. The Hall–Kier alpha value is -2.40. The molecule has 1 aromatic carbocycles. The lowest BCUT2D eigenvalue weighted by Gasteiger charge is -2.07. The number of carbonyl (C=O) groups is 1. The molecule has 0 bridgehead atoms. The van der Waals surface area contributed by atoms with Gasteiger partial charge in [0.15, 0.2) is 0 Å². The standard InChI is InChI=1S/C16H19N3O2/c1-21-15-7-5-13(6-8-15)19-16(20)9-11-17-12-14-4-2-3-10-18-14/h2-8,10,17H,9,11-12H2,1H3,(H,19,20). The van der Waals surface area contributed by atoms with Crippen LogP contribution in [0.5, 0.6) is 5.75 Å². The van der Waals surface area contributed by atoms with Gasteiger partial charge in [0.1, 0.15) is 5.75 Å². The average Bonchev–Trinajstić information content (AvgIpc) is 2.53. The molecule has 0 radical (unpaired) electrons. The van der Waals surface area contributed by atoms with Gasteiger partial charge in [-0.1, -0.05) is 6.07 Å². The van der Waals surface area contributed by atoms with E-state index in [-0.39, 0.29) is 5.91 Å². The van der Waals surface area contributed by atoms with Crippen LogP contribution in [0.25, 0.3) is 0 Å². The maximum Gasteiger partial charge on any atom is 0.225 e. The van der Waals surface area contributed by atoms with Crippen LogP contribution in [-0.2, 0) is 11.3 Å². The molecule has 1 amide bonds. The zero-order chi connectivity index (χ0) is 14.9. The molecule has 0 aliphatic carbocycles. The summed E-state index contributed by atoms with van der Waals surface area (Å²) in [6.45, 7) is 1.27. The molecule has 5 heteroatoms. The smallest absolute Gasteiger partial charge is 0.225 e. The van der Waals surface area contributed by atoms with Crippen molar-refractivity contribution in [2.24, 2.45) is 0 Å². The van der Waals surface area contributed by atoms with Crippen LogP contribution in [-0.4, -0.2) is 24.5 Å². The van der Waals surface area contributed by atoms with Crippen LogP contribution in [0.4, 0.5) is 5.69 Å². The van der Waals surface area contributed by atoms with E-state index in [0.717, 1.165) is 17.1 Å². The fraction of sp³-hybridized carbons (Fsp3) is 0.250. The fourth-order valence-electron chi connectivity index (χ4n) is 1.82. The van der Waals surface area contributed by atoms with Gasteiger partial charge in [0.05, 0.1) is 12.8 Å². The Morgan fingerprint density at radius 3 is 2.67 bits per heavy atom. The molecule has 5 nitrogen and oxygen atoms in total. The van der Waals surface area contributed by atoms with Crippen LogP contribution in [0.15, 0.2) is 48.7 Å². The number of aromatic nitrogens is 1. The molecule has 2 N–H and O–H groups in total. The third kappa shape index (κ3) is 5.24. The molecular weight excluding hydrogens is 266 g/mol. The number of amides is 1. The Bertz CT molecular complexity index is 555. The molecule has 0 aliphatic heterocycles. The quantitative estimate of drug-likeness (QED) is 0.766. The second-order valence-electron chi connectivity index (χ2n) is 4.52. The van der Waals surface area contributed by atoms with Crippen LogP contribution in [0.1, 0.15) is 12.1 Å². The lowest BCUT2D eigenvalue weighted by molar-refractivity contribution is -0.116. The van der Waals surface area contributed by atoms with E-state index in [1.807, 2.05) is 42.5 Å². The van der Waals surface area contributed by atoms with E-state index in [2.05, 4.69) is 15.6 Å². The summed E-state index contributed by atoms with van der Waals surface area (Å²) in [7, 11) is 1.61. The van der Waals surface area contributed by atoms with Gasteiger partial charge in [-0.3, -0.25) is 9.78 Å². The largest absolute Gasteiger partial charge is 0.497 e. The summed E-state index contributed by atoms with van der Waals surface area (Å²) >= 11 is 0. The van der Waals surface area contributed by atoms with Gasteiger partial charge in [0.2, 0.25) is 5.91 Å². The summed E-state index contributed by atoms with van der Waals surface area (Å²) in [5, 5.41) is 6.04. The zero-order valence-electron chi connectivity index (χ0n) is 12.0. The van der Waals surface area contributed by atoms with Gasteiger partial charge >= 0.3 is 0 Å². The highest BCUT2D eigenvalue weighted by molar-refractivity contribution is 5.90. The summed E-state index contributed by atoms with van der Waals surface area (Å²) in [4.78, 5) is 16.0. The van der Waals surface area contributed by atoms with Crippen molar-refractivity contribution in [1.82, 2.24) is 10.3 Å². The summed E-state index contributed by atoms with van der Waals surface area (Å²) in [5.41, 5.74) is 1.73. The number of hydrogen-bond acceptors (Lipinski definition) is 4. The van der Waals surface area contributed by atoms with Crippen LogP contribution >= 0.6 is 0 Å². The first-order valence-electron chi connectivity index (χ1n) is 6.82. The molecule has 2 rings (SSSR count). The van der Waals surface area contributed by atoms with Gasteiger partial charge < -0.3 is 15.4 Å². The van der Waals surface area contributed by atoms with Crippen molar-refractivity contribution in [2.75, 3.05) is 19.0 Å². The highest BCUT2D eigenvalue weighted by atomic mass is 16.5. The molecular formula is C16H19N3O2. The maximum absolute atomic E-state index is 11.8.